The minimum absolute atomic E-state index is 0.130. The van der Waals surface area contributed by atoms with Crippen molar-refractivity contribution >= 4 is 5.69 Å². The Hall–Kier alpha value is -1.27. The van der Waals surface area contributed by atoms with Crippen LogP contribution in [0.25, 0.3) is 0 Å². The van der Waals surface area contributed by atoms with E-state index in [2.05, 4.69) is 0 Å². The van der Waals surface area contributed by atoms with Gasteiger partial charge in [-0.1, -0.05) is 19.9 Å². The van der Waals surface area contributed by atoms with Crippen LogP contribution in [-0.4, -0.2) is 31.9 Å². The molecule has 1 N–H and O–H groups in total. The molecule has 0 atom stereocenters. The van der Waals surface area contributed by atoms with Crippen LogP contribution in [0.4, 0.5) is 18.9 Å². The molecule has 0 saturated carbocycles. The fourth-order valence-electron chi connectivity index (χ4n) is 2.14. The average molecular weight is 305 g/mol. The van der Waals surface area contributed by atoms with Gasteiger partial charge in [0.05, 0.1) is 18.8 Å². The van der Waals surface area contributed by atoms with Crippen molar-refractivity contribution in [2.24, 2.45) is 5.92 Å². The number of methoxy groups -OCH3 is 1. The van der Waals surface area contributed by atoms with Crippen LogP contribution >= 0.6 is 0 Å². The van der Waals surface area contributed by atoms with Gasteiger partial charge in [0.25, 0.3) is 0 Å². The molecular formula is C15H22F3NO2. The highest BCUT2D eigenvalue weighted by atomic mass is 19.4. The maximum atomic E-state index is 13.2. The van der Waals surface area contributed by atoms with Crippen LogP contribution in [0.1, 0.15) is 25.0 Å². The maximum absolute atomic E-state index is 13.2. The number of alkyl halides is 3. The van der Waals surface area contributed by atoms with Gasteiger partial charge in [-0.25, -0.2) is 0 Å². The van der Waals surface area contributed by atoms with Gasteiger partial charge in [-0.2, -0.15) is 13.2 Å². The summed E-state index contributed by atoms with van der Waals surface area (Å²) in [5.41, 5.74) is -0.335. The number of rotatable bonds is 7. The number of ether oxygens (including phenoxy) is 1. The molecule has 0 bridgehead atoms. The highest BCUT2D eigenvalue weighted by molar-refractivity contribution is 5.56. The maximum Gasteiger partial charge on any atom is 0.418 e. The normalized spacial score (nSPS) is 12.0. The van der Waals surface area contributed by atoms with Gasteiger partial charge >= 0.3 is 6.18 Å². The van der Waals surface area contributed by atoms with E-state index in [0.29, 0.717) is 19.7 Å². The molecule has 0 fully saturated rings. The number of anilines is 1. The summed E-state index contributed by atoms with van der Waals surface area (Å²) in [4.78, 5) is 1.68. The van der Waals surface area contributed by atoms with E-state index in [1.54, 1.807) is 4.90 Å². The molecule has 0 spiro atoms. The number of hydrogen-bond acceptors (Lipinski definition) is 3. The molecule has 6 heteroatoms. The Balaban J connectivity index is 3.21. The van der Waals surface area contributed by atoms with Gasteiger partial charge in [-0.05, 0) is 23.6 Å². The lowest BCUT2D eigenvalue weighted by molar-refractivity contribution is -0.137. The molecule has 0 aliphatic rings. The Morgan fingerprint density at radius 3 is 2.43 bits per heavy atom. The SMILES string of the molecule is COCCN(CC(C)C)c1ccc(CO)cc1C(F)(F)F. The smallest absolute Gasteiger partial charge is 0.392 e. The van der Waals surface area contributed by atoms with E-state index in [-0.39, 0.29) is 17.2 Å². The molecular weight excluding hydrogens is 283 g/mol. The van der Waals surface area contributed by atoms with Gasteiger partial charge in [0.1, 0.15) is 0 Å². The van der Waals surface area contributed by atoms with Crippen LogP contribution in [0.2, 0.25) is 0 Å². The van der Waals surface area contributed by atoms with Crippen LogP contribution in [0.15, 0.2) is 18.2 Å². The number of nitrogens with zero attached hydrogens (tertiary/aromatic N) is 1. The second kappa shape index (κ2) is 7.66. The lowest BCUT2D eigenvalue weighted by atomic mass is 10.1. The fourth-order valence-corrected chi connectivity index (χ4v) is 2.14. The van der Waals surface area contributed by atoms with Crippen LogP contribution in [0.3, 0.4) is 0 Å². The zero-order valence-corrected chi connectivity index (χ0v) is 12.6. The Morgan fingerprint density at radius 2 is 1.95 bits per heavy atom. The molecule has 0 radical (unpaired) electrons. The third-order valence-corrected chi connectivity index (χ3v) is 3.04. The zero-order chi connectivity index (χ0) is 16.0. The van der Waals surface area contributed by atoms with Crippen molar-refractivity contribution in [3.63, 3.8) is 0 Å². The van der Waals surface area contributed by atoms with Crippen molar-refractivity contribution in [3.8, 4) is 0 Å². The standard InChI is InChI=1S/C15H22F3NO2/c1-11(2)9-19(6-7-21-3)14-5-4-12(10-20)8-13(14)15(16,17)18/h4-5,8,11,20H,6-7,9-10H2,1-3H3. The van der Waals surface area contributed by atoms with Gasteiger partial charge in [-0.3, -0.25) is 0 Å². The Labute approximate surface area is 123 Å². The van der Waals surface area contributed by atoms with Gasteiger partial charge in [0.15, 0.2) is 0 Å². The van der Waals surface area contributed by atoms with E-state index in [4.69, 9.17) is 9.84 Å². The van der Waals surface area contributed by atoms with Crippen LogP contribution in [0, 0.1) is 5.92 Å². The first-order valence-electron chi connectivity index (χ1n) is 6.84. The monoisotopic (exact) mass is 305 g/mol. The van der Waals surface area contributed by atoms with Gasteiger partial charge < -0.3 is 14.7 Å². The highest BCUT2D eigenvalue weighted by Crippen LogP contribution is 2.37. The first-order chi connectivity index (χ1) is 9.79. The summed E-state index contributed by atoms with van der Waals surface area (Å²) in [6.07, 6.45) is -4.46. The van der Waals surface area contributed by atoms with Crippen molar-refractivity contribution in [2.75, 3.05) is 31.7 Å². The molecule has 120 valence electrons. The molecule has 1 rings (SSSR count). The fraction of sp³-hybridized carbons (Fsp3) is 0.600. The van der Waals surface area contributed by atoms with E-state index >= 15 is 0 Å². The predicted molar refractivity (Wildman–Crippen MR) is 76.3 cm³/mol. The van der Waals surface area contributed by atoms with Gasteiger partial charge in [0, 0.05) is 25.9 Å². The number of aliphatic hydroxyl groups is 1. The summed E-state index contributed by atoms with van der Waals surface area (Å²) in [5.74, 6) is 0.223. The van der Waals surface area contributed by atoms with Crippen LogP contribution in [-0.2, 0) is 17.5 Å². The van der Waals surface area contributed by atoms with Crippen molar-refractivity contribution in [1.29, 1.82) is 0 Å². The van der Waals surface area contributed by atoms with Crippen molar-refractivity contribution in [2.45, 2.75) is 26.6 Å². The molecule has 3 nitrogen and oxygen atoms in total. The summed E-state index contributed by atoms with van der Waals surface area (Å²) < 4.78 is 44.7. The molecule has 0 aromatic heterocycles. The lowest BCUT2D eigenvalue weighted by Crippen LogP contribution is -2.32. The first-order valence-corrected chi connectivity index (χ1v) is 6.84. The molecule has 1 aromatic carbocycles. The largest absolute Gasteiger partial charge is 0.418 e. The van der Waals surface area contributed by atoms with E-state index in [9.17, 15) is 13.2 Å². The second-order valence-electron chi connectivity index (χ2n) is 5.34. The van der Waals surface area contributed by atoms with E-state index in [1.807, 2.05) is 13.8 Å². The second-order valence-corrected chi connectivity index (χ2v) is 5.34. The van der Waals surface area contributed by atoms with Gasteiger partial charge in [0.2, 0.25) is 0 Å². The number of halogens is 3. The Morgan fingerprint density at radius 1 is 1.29 bits per heavy atom. The van der Waals surface area contributed by atoms with Crippen molar-refractivity contribution in [3.05, 3.63) is 29.3 Å². The highest BCUT2D eigenvalue weighted by Gasteiger charge is 2.35. The summed E-state index contributed by atoms with van der Waals surface area (Å²) in [6.45, 7) is 4.74. The molecule has 21 heavy (non-hydrogen) atoms. The summed E-state index contributed by atoms with van der Waals surface area (Å²) in [7, 11) is 1.52. The minimum atomic E-state index is -4.46. The summed E-state index contributed by atoms with van der Waals surface area (Å²) in [6, 6.07) is 3.95. The predicted octanol–water partition coefficient (Wildman–Crippen LogP) is 3.31. The molecule has 0 aliphatic carbocycles. The summed E-state index contributed by atoms with van der Waals surface area (Å²) in [5, 5.41) is 9.04. The quantitative estimate of drug-likeness (QED) is 0.839. The van der Waals surface area contributed by atoms with Gasteiger partial charge in [-0.15, -0.1) is 0 Å². The Bertz CT molecular complexity index is 447. The average Bonchev–Trinajstić information content (AvgIpc) is 2.41. The Kier molecular flexibility index (Phi) is 6.48. The molecule has 0 aliphatic heterocycles. The summed E-state index contributed by atoms with van der Waals surface area (Å²) >= 11 is 0. The van der Waals surface area contributed by atoms with Crippen molar-refractivity contribution in [1.82, 2.24) is 0 Å². The third-order valence-electron chi connectivity index (χ3n) is 3.04. The lowest BCUT2D eigenvalue weighted by Gasteiger charge is -2.29. The van der Waals surface area contributed by atoms with E-state index in [0.717, 1.165) is 6.07 Å². The van der Waals surface area contributed by atoms with Crippen LogP contribution in [0.5, 0.6) is 0 Å². The number of hydrogen-bond donors (Lipinski definition) is 1. The van der Waals surface area contributed by atoms with Crippen molar-refractivity contribution < 1.29 is 23.0 Å². The number of benzene rings is 1. The molecule has 1 aromatic rings. The van der Waals surface area contributed by atoms with E-state index in [1.165, 1.54) is 19.2 Å². The third kappa shape index (κ3) is 5.21. The molecule has 0 saturated heterocycles. The van der Waals surface area contributed by atoms with E-state index < -0.39 is 18.3 Å². The molecule has 0 amide bonds. The number of aliphatic hydroxyl groups excluding tert-OH is 1. The molecule has 0 heterocycles. The minimum Gasteiger partial charge on any atom is -0.392 e. The molecule has 0 unspecified atom stereocenters. The topological polar surface area (TPSA) is 32.7 Å². The first kappa shape index (κ1) is 17.8. The zero-order valence-electron chi connectivity index (χ0n) is 12.6. The van der Waals surface area contributed by atoms with Crippen LogP contribution < -0.4 is 4.90 Å².